The van der Waals surface area contributed by atoms with Crippen LogP contribution in [0.25, 0.3) is 0 Å². The van der Waals surface area contributed by atoms with Gasteiger partial charge in [0.15, 0.2) is 0 Å². The van der Waals surface area contributed by atoms with Crippen LogP contribution in [0, 0.1) is 0 Å². The predicted molar refractivity (Wildman–Crippen MR) is 91.7 cm³/mol. The second-order valence-corrected chi connectivity index (χ2v) is 8.39. The molecule has 0 aromatic heterocycles. The van der Waals surface area contributed by atoms with Crippen molar-refractivity contribution in [1.29, 1.82) is 0 Å². The van der Waals surface area contributed by atoms with E-state index in [9.17, 15) is 13.2 Å². The number of sulfonamides is 1. The number of amides is 1. The van der Waals surface area contributed by atoms with Gasteiger partial charge < -0.3 is 4.90 Å². The van der Waals surface area contributed by atoms with E-state index in [-0.39, 0.29) is 11.7 Å². The monoisotopic (exact) mass is 358 g/mol. The molecule has 1 aliphatic rings. The minimum atomic E-state index is -3.35. The molecule has 1 aromatic carbocycles. The van der Waals surface area contributed by atoms with Crippen LogP contribution in [0.5, 0.6) is 0 Å². The second kappa shape index (κ2) is 7.64. The highest BCUT2D eigenvalue weighted by atomic mass is 35.5. The van der Waals surface area contributed by atoms with Gasteiger partial charge in [0.2, 0.25) is 15.9 Å². The number of carbonyl (C=O) groups excluding carboxylic acids is 1. The first kappa shape index (κ1) is 18.2. The van der Waals surface area contributed by atoms with Crippen molar-refractivity contribution in [2.75, 3.05) is 19.3 Å². The number of benzene rings is 1. The number of halogens is 1. The van der Waals surface area contributed by atoms with Crippen molar-refractivity contribution < 1.29 is 13.2 Å². The molecule has 0 saturated carbocycles. The fourth-order valence-corrected chi connectivity index (χ4v) is 4.89. The van der Waals surface area contributed by atoms with Crippen LogP contribution in [0.2, 0.25) is 5.02 Å². The lowest BCUT2D eigenvalue weighted by atomic mass is 10.1. The molecular weight excluding hydrogens is 336 g/mol. The Labute approximate surface area is 143 Å². The fraction of sp³-hybridized carbons (Fsp3) is 0.562. The van der Waals surface area contributed by atoms with E-state index in [1.54, 1.807) is 18.0 Å². The molecule has 1 atom stereocenters. The van der Waals surface area contributed by atoms with E-state index in [4.69, 9.17) is 11.6 Å². The number of nitrogens with zero attached hydrogens (tertiary/aromatic N) is 2. The van der Waals surface area contributed by atoms with Gasteiger partial charge in [-0.3, -0.25) is 4.79 Å². The molecule has 1 heterocycles. The minimum absolute atomic E-state index is 0.0921. The molecule has 0 spiro atoms. The van der Waals surface area contributed by atoms with E-state index in [1.165, 1.54) is 4.31 Å². The Hall–Kier alpha value is -1.11. The molecular formula is C16H23ClN2O3S. The van der Waals surface area contributed by atoms with Crippen molar-refractivity contribution in [3.05, 3.63) is 34.9 Å². The number of rotatable bonds is 6. The molecule has 1 aliphatic heterocycles. The van der Waals surface area contributed by atoms with Gasteiger partial charge in [-0.25, -0.2) is 8.42 Å². The molecule has 0 N–H and O–H groups in total. The zero-order valence-electron chi connectivity index (χ0n) is 13.5. The standard InChI is InChI=1S/C16H23ClN2O3S/c1-3-10-23(21,22)19-9-5-8-15(19)16(20)18(2)12-13-6-4-7-14(17)11-13/h4,6-7,11,15H,3,5,8-10,12H2,1-2H3. The lowest BCUT2D eigenvalue weighted by Gasteiger charge is -2.27. The summed E-state index contributed by atoms with van der Waals surface area (Å²) in [4.78, 5) is 14.3. The summed E-state index contributed by atoms with van der Waals surface area (Å²) in [5.41, 5.74) is 0.925. The third kappa shape index (κ3) is 4.46. The highest BCUT2D eigenvalue weighted by molar-refractivity contribution is 7.89. The summed E-state index contributed by atoms with van der Waals surface area (Å²) in [6, 6.07) is 6.75. The molecule has 0 bridgehead atoms. The fourth-order valence-electron chi connectivity index (χ4n) is 2.94. The maximum Gasteiger partial charge on any atom is 0.241 e. The van der Waals surface area contributed by atoms with Crippen molar-refractivity contribution in [3.63, 3.8) is 0 Å². The highest BCUT2D eigenvalue weighted by Gasteiger charge is 2.39. The zero-order valence-corrected chi connectivity index (χ0v) is 15.1. The first-order valence-corrected chi connectivity index (χ1v) is 9.83. The lowest BCUT2D eigenvalue weighted by molar-refractivity contribution is -0.133. The number of carbonyl (C=O) groups is 1. The third-order valence-corrected chi connectivity index (χ3v) is 6.30. The topological polar surface area (TPSA) is 57.7 Å². The Morgan fingerprint density at radius 3 is 2.83 bits per heavy atom. The van der Waals surface area contributed by atoms with Crippen LogP contribution < -0.4 is 0 Å². The molecule has 5 nitrogen and oxygen atoms in total. The van der Waals surface area contributed by atoms with Crippen molar-refractivity contribution in [3.8, 4) is 0 Å². The summed E-state index contributed by atoms with van der Waals surface area (Å²) in [5.74, 6) is -0.0587. The quantitative estimate of drug-likeness (QED) is 0.785. The highest BCUT2D eigenvalue weighted by Crippen LogP contribution is 2.24. The first-order chi connectivity index (χ1) is 10.8. The predicted octanol–water partition coefficient (Wildman–Crippen LogP) is 2.50. The molecule has 0 radical (unpaired) electrons. The molecule has 1 fully saturated rings. The van der Waals surface area contributed by atoms with Gasteiger partial charge in [-0.2, -0.15) is 4.31 Å². The van der Waals surface area contributed by atoms with Gasteiger partial charge in [0.05, 0.1) is 5.75 Å². The Morgan fingerprint density at radius 1 is 1.43 bits per heavy atom. The van der Waals surface area contributed by atoms with Gasteiger partial charge in [-0.05, 0) is 37.0 Å². The van der Waals surface area contributed by atoms with E-state index in [2.05, 4.69) is 0 Å². The van der Waals surface area contributed by atoms with E-state index in [1.807, 2.05) is 25.1 Å². The van der Waals surface area contributed by atoms with Crippen LogP contribution in [-0.4, -0.2) is 48.9 Å². The van der Waals surface area contributed by atoms with Gasteiger partial charge >= 0.3 is 0 Å². The SMILES string of the molecule is CCCS(=O)(=O)N1CCCC1C(=O)N(C)Cc1cccc(Cl)c1. The molecule has 0 aliphatic carbocycles. The molecule has 7 heteroatoms. The maximum absolute atomic E-state index is 12.7. The van der Waals surface area contributed by atoms with Crippen LogP contribution in [0.3, 0.4) is 0 Å². The molecule has 1 unspecified atom stereocenters. The summed E-state index contributed by atoms with van der Waals surface area (Å²) >= 11 is 5.96. The van der Waals surface area contributed by atoms with Gasteiger partial charge in [0.25, 0.3) is 0 Å². The summed E-state index contributed by atoms with van der Waals surface area (Å²) in [6.45, 7) is 2.68. The van der Waals surface area contributed by atoms with Crippen molar-refractivity contribution in [1.82, 2.24) is 9.21 Å². The summed E-state index contributed by atoms with van der Waals surface area (Å²) in [7, 11) is -1.65. The lowest BCUT2D eigenvalue weighted by Crippen LogP contribution is -2.46. The van der Waals surface area contributed by atoms with Crippen LogP contribution in [0.1, 0.15) is 31.7 Å². The minimum Gasteiger partial charge on any atom is -0.340 e. The third-order valence-electron chi connectivity index (χ3n) is 3.99. The molecule has 1 aromatic rings. The van der Waals surface area contributed by atoms with Gasteiger partial charge in [0, 0.05) is 25.2 Å². The van der Waals surface area contributed by atoms with Crippen molar-refractivity contribution in [2.45, 2.75) is 38.8 Å². The summed E-state index contributed by atoms with van der Waals surface area (Å²) < 4.78 is 26.0. The normalized spacial score (nSPS) is 19.0. The van der Waals surface area contributed by atoms with Crippen LogP contribution in [0.15, 0.2) is 24.3 Å². The van der Waals surface area contributed by atoms with E-state index < -0.39 is 16.1 Å². The van der Waals surface area contributed by atoms with Crippen LogP contribution in [-0.2, 0) is 21.4 Å². The number of hydrogen-bond acceptors (Lipinski definition) is 3. The second-order valence-electron chi connectivity index (χ2n) is 5.91. The van der Waals surface area contributed by atoms with Gasteiger partial charge in [-0.1, -0.05) is 30.7 Å². The first-order valence-electron chi connectivity index (χ1n) is 7.84. The van der Waals surface area contributed by atoms with Crippen LogP contribution in [0.4, 0.5) is 0 Å². The molecule has 128 valence electrons. The average Bonchev–Trinajstić information content (AvgIpc) is 2.96. The zero-order chi connectivity index (χ0) is 17.0. The Bertz CT molecular complexity index is 663. The molecule has 2 rings (SSSR count). The largest absolute Gasteiger partial charge is 0.340 e. The summed E-state index contributed by atoms with van der Waals surface area (Å²) in [5, 5.41) is 0.622. The smallest absolute Gasteiger partial charge is 0.241 e. The van der Waals surface area contributed by atoms with Crippen molar-refractivity contribution in [2.24, 2.45) is 0 Å². The Morgan fingerprint density at radius 2 is 2.17 bits per heavy atom. The number of likely N-dealkylation sites (N-methyl/N-ethyl adjacent to an activating group) is 1. The molecule has 1 amide bonds. The van der Waals surface area contributed by atoms with Gasteiger partial charge in [-0.15, -0.1) is 0 Å². The average molecular weight is 359 g/mol. The Kier molecular flexibility index (Phi) is 6.06. The van der Waals surface area contributed by atoms with E-state index in [0.717, 1.165) is 12.0 Å². The number of hydrogen-bond donors (Lipinski definition) is 0. The Balaban J connectivity index is 2.09. The van der Waals surface area contributed by atoms with E-state index >= 15 is 0 Å². The maximum atomic E-state index is 12.7. The van der Waals surface area contributed by atoms with E-state index in [0.29, 0.717) is 31.0 Å². The van der Waals surface area contributed by atoms with Crippen molar-refractivity contribution >= 4 is 27.5 Å². The molecule has 1 saturated heterocycles. The van der Waals surface area contributed by atoms with Gasteiger partial charge in [0.1, 0.15) is 6.04 Å². The summed E-state index contributed by atoms with van der Waals surface area (Å²) in [6.07, 6.45) is 1.87. The molecule has 23 heavy (non-hydrogen) atoms. The van der Waals surface area contributed by atoms with Crippen LogP contribution >= 0.6 is 11.6 Å².